The number of aromatic nitrogens is 2. The molecule has 0 saturated carbocycles. The van der Waals surface area contributed by atoms with Gasteiger partial charge in [0.15, 0.2) is 16.3 Å². The number of hydrogen-bond donors (Lipinski definition) is 2. The fraction of sp³-hybridized carbons (Fsp3) is 0.412. The van der Waals surface area contributed by atoms with Crippen LogP contribution in [0.2, 0.25) is 0 Å². The number of rotatable bonds is 7. The van der Waals surface area contributed by atoms with Gasteiger partial charge in [0.05, 0.1) is 13.7 Å². The summed E-state index contributed by atoms with van der Waals surface area (Å²) in [6, 6.07) is 5.70. The van der Waals surface area contributed by atoms with Gasteiger partial charge in [0.1, 0.15) is 0 Å². The maximum absolute atomic E-state index is 12.3. The van der Waals surface area contributed by atoms with Crippen molar-refractivity contribution in [2.75, 3.05) is 13.7 Å². The molecule has 1 aromatic heterocycles. The van der Waals surface area contributed by atoms with E-state index in [-0.39, 0.29) is 5.56 Å². The summed E-state index contributed by atoms with van der Waals surface area (Å²) in [5.74, 6) is 1.35. The summed E-state index contributed by atoms with van der Waals surface area (Å²) < 4.78 is 11.5. The largest absolute Gasteiger partial charge is 0.493 e. The quantitative estimate of drug-likeness (QED) is 0.762. The molecule has 0 bridgehead atoms. The molecule has 6 heteroatoms. The van der Waals surface area contributed by atoms with Crippen molar-refractivity contribution in [2.24, 2.45) is 0 Å². The standard InChI is InChI=1S/C17H22N2O3S/c1-4-7-13-12(16(20)19-17(23)18-13)10-11-8-6-9-14(21-3)15(11)22-5-2/h6,8-9H,4-5,7,10H2,1-3H3,(H2,18,19,20,23). The molecule has 5 nitrogen and oxygen atoms in total. The van der Waals surface area contributed by atoms with Crippen molar-refractivity contribution in [1.82, 2.24) is 9.97 Å². The Labute approximate surface area is 140 Å². The zero-order chi connectivity index (χ0) is 16.8. The number of ether oxygens (including phenoxy) is 2. The molecule has 0 spiro atoms. The highest BCUT2D eigenvalue weighted by Crippen LogP contribution is 2.32. The minimum absolute atomic E-state index is 0.150. The van der Waals surface area contributed by atoms with Crippen LogP contribution in [-0.2, 0) is 12.8 Å². The lowest BCUT2D eigenvalue weighted by molar-refractivity contribution is 0.308. The normalized spacial score (nSPS) is 10.6. The maximum Gasteiger partial charge on any atom is 0.255 e. The molecule has 0 aliphatic carbocycles. The van der Waals surface area contributed by atoms with Crippen LogP contribution in [0.1, 0.15) is 37.1 Å². The summed E-state index contributed by atoms with van der Waals surface area (Å²) in [7, 11) is 1.61. The molecule has 1 aromatic carbocycles. The lowest BCUT2D eigenvalue weighted by atomic mass is 10.0. The summed E-state index contributed by atoms with van der Waals surface area (Å²) in [6.45, 7) is 4.52. The van der Waals surface area contributed by atoms with Gasteiger partial charge in [0.2, 0.25) is 0 Å². The van der Waals surface area contributed by atoms with Crippen molar-refractivity contribution >= 4 is 12.2 Å². The highest BCUT2D eigenvalue weighted by atomic mass is 32.1. The maximum atomic E-state index is 12.3. The van der Waals surface area contributed by atoms with Gasteiger partial charge in [-0.2, -0.15) is 0 Å². The minimum Gasteiger partial charge on any atom is -0.493 e. The number of benzene rings is 1. The highest BCUT2D eigenvalue weighted by molar-refractivity contribution is 7.71. The van der Waals surface area contributed by atoms with E-state index in [1.54, 1.807) is 7.11 Å². The molecule has 124 valence electrons. The van der Waals surface area contributed by atoms with E-state index in [9.17, 15) is 4.79 Å². The van der Waals surface area contributed by atoms with E-state index in [4.69, 9.17) is 21.7 Å². The summed E-state index contributed by atoms with van der Waals surface area (Å²) in [5.41, 5.74) is 2.34. The number of para-hydroxylation sites is 1. The van der Waals surface area contributed by atoms with Crippen molar-refractivity contribution in [1.29, 1.82) is 0 Å². The first-order valence-corrected chi connectivity index (χ1v) is 8.14. The average molecular weight is 334 g/mol. The van der Waals surface area contributed by atoms with Gasteiger partial charge >= 0.3 is 0 Å². The second kappa shape index (κ2) is 7.97. The van der Waals surface area contributed by atoms with Crippen LogP contribution < -0.4 is 15.0 Å². The lowest BCUT2D eigenvalue weighted by Crippen LogP contribution is -2.18. The van der Waals surface area contributed by atoms with Crippen molar-refractivity contribution in [2.45, 2.75) is 33.1 Å². The van der Waals surface area contributed by atoms with E-state index in [1.165, 1.54) is 0 Å². The lowest BCUT2D eigenvalue weighted by Gasteiger charge is -2.15. The monoisotopic (exact) mass is 334 g/mol. The number of hydrogen-bond acceptors (Lipinski definition) is 4. The zero-order valence-corrected chi connectivity index (χ0v) is 14.5. The number of aromatic amines is 2. The van der Waals surface area contributed by atoms with E-state index >= 15 is 0 Å². The van der Waals surface area contributed by atoms with Gasteiger partial charge in [-0.25, -0.2) is 0 Å². The van der Waals surface area contributed by atoms with Gasteiger partial charge in [-0.1, -0.05) is 25.5 Å². The number of nitrogens with one attached hydrogen (secondary N) is 2. The van der Waals surface area contributed by atoms with Crippen LogP contribution in [0, 0.1) is 4.77 Å². The second-order valence-electron chi connectivity index (χ2n) is 5.17. The van der Waals surface area contributed by atoms with Crippen molar-refractivity contribution in [3.8, 4) is 11.5 Å². The molecule has 23 heavy (non-hydrogen) atoms. The van der Waals surface area contributed by atoms with Gasteiger partial charge in [-0.3, -0.25) is 9.78 Å². The Morgan fingerprint density at radius 3 is 2.65 bits per heavy atom. The third-order valence-electron chi connectivity index (χ3n) is 3.57. The van der Waals surface area contributed by atoms with Crippen LogP contribution in [0.15, 0.2) is 23.0 Å². The third kappa shape index (κ3) is 4.01. The molecular formula is C17H22N2O3S. The topological polar surface area (TPSA) is 67.1 Å². The summed E-state index contributed by atoms with van der Waals surface area (Å²) >= 11 is 5.08. The Morgan fingerprint density at radius 2 is 2.00 bits per heavy atom. The predicted octanol–water partition coefficient (Wildman–Crippen LogP) is 3.38. The van der Waals surface area contributed by atoms with Crippen molar-refractivity contribution in [3.63, 3.8) is 0 Å². The second-order valence-corrected chi connectivity index (χ2v) is 5.58. The highest BCUT2D eigenvalue weighted by Gasteiger charge is 2.15. The Balaban J connectivity index is 2.51. The fourth-order valence-electron chi connectivity index (χ4n) is 2.57. The minimum atomic E-state index is -0.150. The van der Waals surface area contributed by atoms with E-state index in [2.05, 4.69) is 16.9 Å². The number of H-pyrrole nitrogens is 2. The number of aryl methyl sites for hydroxylation is 1. The Morgan fingerprint density at radius 1 is 1.22 bits per heavy atom. The first kappa shape index (κ1) is 17.3. The van der Waals surface area contributed by atoms with Crippen LogP contribution in [0.3, 0.4) is 0 Å². The molecule has 0 unspecified atom stereocenters. The van der Waals surface area contributed by atoms with Gasteiger partial charge in [0, 0.05) is 23.2 Å². The molecular weight excluding hydrogens is 312 g/mol. The van der Waals surface area contributed by atoms with E-state index < -0.39 is 0 Å². The molecule has 0 radical (unpaired) electrons. The molecule has 0 aliphatic heterocycles. The molecule has 0 amide bonds. The smallest absolute Gasteiger partial charge is 0.255 e. The molecule has 2 rings (SSSR count). The summed E-state index contributed by atoms with van der Waals surface area (Å²) in [6.07, 6.45) is 2.16. The number of methoxy groups -OCH3 is 1. The first-order valence-electron chi connectivity index (χ1n) is 7.73. The fourth-order valence-corrected chi connectivity index (χ4v) is 2.79. The third-order valence-corrected chi connectivity index (χ3v) is 3.77. The van der Waals surface area contributed by atoms with Crippen LogP contribution in [0.5, 0.6) is 11.5 Å². The average Bonchev–Trinajstić information content (AvgIpc) is 2.52. The summed E-state index contributed by atoms with van der Waals surface area (Å²) in [5, 5.41) is 0. The molecule has 0 aliphatic rings. The van der Waals surface area contributed by atoms with Crippen LogP contribution in [0.25, 0.3) is 0 Å². The van der Waals surface area contributed by atoms with Crippen LogP contribution >= 0.6 is 12.2 Å². The SMILES string of the molecule is CCCc1[nH]c(=S)[nH]c(=O)c1Cc1cccc(OC)c1OCC. The van der Waals surface area contributed by atoms with Gasteiger partial charge in [-0.05, 0) is 31.6 Å². The molecule has 0 atom stereocenters. The molecule has 2 aromatic rings. The van der Waals surface area contributed by atoms with Crippen LogP contribution in [0.4, 0.5) is 0 Å². The zero-order valence-electron chi connectivity index (χ0n) is 13.7. The van der Waals surface area contributed by atoms with E-state index in [1.807, 2.05) is 25.1 Å². The molecule has 0 saturated heterocycles. The molecule has 2 N–H and O–H groups in total. The first-order chi connectivity index (χ1) is 11.1. The Bertz CT molecular complexity index is 780. The van der Waals surface area contributed by atoms with Crippen LogP contribution in [-0.4, -0.2) is 23.7 Å². The van der Waals surface area contributed by atoms with E-state index in [0.29, 0.717) is 34.9 Å². The van der Waals surface area contributed by atoms with E-state index in [0.717, 1.165) is 24.1 Å². The van der Waals surface area contributed by atoms with Gasteiger partial charge in [-0.15, -0.1) is 0 Å². The van der Waals surface area contributed by atoms with Crippen molar-refractivity contribution in [3.05, 3.63) is 50.1 Å². The molecule has 0 fully saturated rings. The summed E-state index contributed by atoms with van der Waals surface area (Å²) in [4.78, 5) is 18.1. The van der Waals surface area contributed by atoms with Crippen molar-refractivity contribution < 1.29 is 9.47 Å². The van der Waals surface area contributed by atoms with Gasteiger partial charge < -0.3 is 14.5 Å². The molecule has 1 heterocycles. The predicted molar refractivity (Wildman–Crippen MR) is 93.2 cm³/mol. The van der Waals surface area contributed by atoms with Gasteiger partial charge in [0.25, 0.3) is 5.56 Å². The Hall–Kier alpha value is -2.08. The Kier molecular flexibility index (Phi) is 5.98.